The van der Waals surface area contributed by atoms with Crippen LogP contribution in [0.5, 0.6) is 0 Å². The molecule has 0 amide bonds. The summed E-state index contributed by atoms with van der Waals surface area (Å²) in [5.74, 6) is 1.77. The fraction of sp³-hybridized carbons (Fsp3) is 0.846. The molecule has 5 heteroatoms. The average molecular weight is 252 g/mol. The summed E-state index contributed by atoms with van der Waals surface area (Å²) in [4.78, 5) is 6.78. The van der Waals surface area contributed by atoms with Crippen molar-refractivity contribution in [3.8, 4) is 0 Å². The van der Waals surface area contributed by atoms with Crippen molar-refractivity contribution in [1.82, 2.24) is 15.5 Å². The van der Waals surface area contributed by atoms with E-state index in [1.54, 1.807) is 0 Å². The summed E-state index contributed by atoms with van der Waals surface area (Å²) in [6, 6.07) is 0.389. The number of nitrogens with zero attached hydrogens (tertiary/aromatic N) is 3. The highest BCUT2D eigenvalue weighted by molar-refractivity contribution is 5.28. The maximum atomic E-state index is 5.42. The van der Waals surface area contributed by atoms with E-state index in [0.29, 0.717) is 6.04 Å². The summed E-state index contributed by atoms with van der Waals surface area (Å²) in [7, 11) is 1.98. The van der Waals surface area contributed by atoms with E-state index in [2.05, 4.69) is 34.2 Å². The maximum Gasteiger partial charge on any atom is 0.266 e. The van der Waals surface area contributed by atoms with Crippen LogP contribution in [0.2, 0.25) is 0 Å². The molecule has 0 bridgehead atoms. The van der Waals surface area contributed by atoms with Crippen molar-refractivity contribution in [2.24, 2.45) is 0 Å². The summed E-state index contributed by atoms with van der Waals surface area (Å²) in [5.41, 5.74) is 0. The Morgan fingerprint density at radius 3 is 2.67 bits per heavy atom. The van der Waals surface area contributed by atoms with Crippen LogP contribution in [-0.2, 0) is 0 Å². The minimum Gasteiger partial charge on any atom is -0.338 e. The first-order valence-electron chi connectivity index (χ1n) is 7.02. The van der Waals surface area contributed by atoms with E-state index in [-0.39, 0.29) is 5.92 Å². The lowest BCUT2D eigenvalue weighted by Crippen LogP contribution is -2.31. The van der Waals surface area contributed by atoms with E-state index in [9.17, 15) is 0 Å². The highest BCUT2D eigenvalue weighted by Crippen LogP contribution is 2.23. The Kier molecular flexibility index (Phi) is 4.58. The lowest BCUT2D eigenvalue weighted by molar-refractivity contribution is 0.325. The molecule has 1 saturated heterocycles. The van der Waals surface area contributed by atoms with Crippen LogP contribution in [-0.4, -0.2) is 36.3 Å². The lowest BCUT2D eigenvalue weighted by Gasteiger charge is -2.24. The molecule has 2 rings (SSSR count). The molecule has 5 nitrogen and oxygen atoms in total. The van der Waals surface area contributed by atoms with Gasteiger partial charge in [0, 0.05) is 19.1 Å². The molecular weight excluding hydrogens is 228 g/mol. The first-order valence-corrected chi connectivity index (χ1v) is 7.02. The van der Waals surface area contributed by atoms with E-state index in [1.165, 1.54) is 19.3 Å². The molecule has 0 radical (unpaired) electrons. The summed E-state index contributed by atoms with van der Waals surface area (Å²) < 4.78 is 5.42. The highest BCUT2D eigenvalue weighted by atomic mass is 16.5. The van der Waals surface area contributed by atoms with Gasteiger partial charge in [-0.3, -0.25) is 0 Å². The standard InChI is InChI=1S/C13H24N4O/c1-4-11(14-3)10(2)12-15-13(16-18-12)17-8-6-5-7-9-17/h10-11,14H,4-9H2,1-3H3. The number of hydrogen-bond acceptors (Lipinski definition) is 5. The molecule has 0 saturated carbocycles. The topological polar surface area (TPSA) is 54.2 Å². The molecule has 102 valence electrons. The van der Waals surface area contributed by atoms with Crippen LogP contribution < -0.4 is 10.2 Å². The zero-order valence-electron chi connectivity index (χ0n) is 11.6. The van der Waals surface area contributed by atoms with Crippen LogP contribution in [0.25, 0.3) is 0 Å². The van der Waals surface area contributed by atoms with E-state index in [4.69, 9.17) is 4.52 Å². The summed E-state index contributed by atoms with van der Waals surface area (Å²) in [5, 5.41) is 7.42. The van der Waals surface area contributed by atoms with Gasteiger partial charge in [0.2, 0.25) is 5.89 Å². The van der Waals surface area contributed by atoms with Crippen molar-refractivity contribution >= 4 is 5.95 Å². The minimum absolute atomic E-state index is 0.256. The molecule has 1 fully saturated rings. The number of hydrogen-bond donors (Lipinski definition) is 1. The van der Waals surface area contributed by atoms with Crippen LogP contribution in [0, 0.1) is 0 Å². The Labute approximate surface area is 109 Å². The Balaban J connectivity index is 2.04. The monoisotopic (exact) mass is 252 g/mol. The Hall–Kier alpha value is -1.10. The van der Waals surface area contributed by atoms with Gasteiger partial charge in [-0.05, 0) is 37.9 Å². The molecule has 1 aliphatic rings. The summed E-state index contributed by atoms with van der Waals surface area (Å²) in [6.07, 6.45) is 4.83. The second kappa shape index (κ2) is 6.18. The van der Waals surface area contributed by atoms with E-state index >= 15 is 0 Å². The van der Waals surface area contributed by atoms with Crippen LogP contribution in [0.3, 0.4) is 0 Å². The van der Waals surface area contributed by atoms with Gasteiger partial charge in [-0.2, -0.15) is 4.98 Å². The average Bonchev–Trinajstić information content (AvgIpc) is 2.90. The molecular formula is C13H24N4O. The van der Waals surface area contributed by atoms with Crippen LogP contribution >= 0.6 is 0 Å². The second-order valence-corrected chi connectivity index (χ2v) is 5.07. The molecule has 0 aliphatic carbocycles. The van der Waals surface area contributed by atoms with Gasteiger partial charge in [0.1, 0.15) is 0 Å². The van der Waals surface area contributed by atoms with Crippen molar-refractivity contribution in [1.29, 1.82) is 0 Å². The molecule has 2 unspecified atom stereocenters. The summed E-state index contributed by atoms with van der Waals surface area (Å²) >= 11 is 0. The van der Waals surface area contributed by atoms with Gasteiger partial charge in [-0.1, -0.05) is 13.8 Å². The second-order valence-electron chi connectivity index (χ2n) is 5.07. The predicted molar refractivity (Wildman–Crippen MR) is 71.9 cm³/mol. The van der Waals surface area contributed by atoms with Crippen LogP contribution in [0.1, 0.15) is 51.3 Å². The SMILES string of the molecule is CCC(NC)C(C)c1nc(N2CCCCC2)no1. The number of rotatable bonds is 5. The zero-order chi connectivity index (χ0) is 13.0. The van der Waals surface area contributed by atoms with Crippen molar-refractivity contribution < 1.29 is 4.52 Å². The van der Waals surface area contributed by atoms with Gasteiger partial charge in [-0.15, -0.1) is 0 Å². The Morgan fingerprint density at radius 2 is 2.06 bits per heavy atom. The van der Waals surface area contributed by atoms with Crippen molar-refractivity contribution in [3.05, 3.63) is 5.89 Å². The molecule has 0 aromatic carbocycles. The number of nitrogens with one attached hydrogen (secondary N) is 1. The molecule has 1 aromatic heterocycles. The van der Waals surface area contributed by atoms with Gasteiger partial charge in [0.25, 0.3) is 5.95 Å². The molecule has 2 heterocycles. The normalized spacial score (nSPS) is 19.8. The van der Waals surface area contributed by atoms with Crippen LogP contribution in [0.15, 0.2) is 4.52 Å². The summed E-state index contributed by atoms with van der Waals surface area (Å²) in [6.45, 7) is 6.41. The van der Waals surface area contributed by atoms with E-state index in [1.807, 2.05) is 7.05 Å². The van der Waals surface area contributed by atoms with Gasteiger partial charge in [-0.25, -0.2) is 0 Å². The van der Waals surface area contributed by atoms with Gasteiger partial charge < -0.3 is 14.7 Å². The van der Waals surface area contributed by atoms with E-state index in [0.717, 1.165) is 31.3 Å². The number of anilines is 1. The quantitative estimate of drug-likeness (QED) is 0.870. The fourth-order valence-electron chi connectivity index (χ4n) is 2.61. The zero-order valence-corrected chi connectivity index (χ0v) is 11.6. The Morgan fingerprint density at radius 1 is 1.33 bits per heavy atom. The molecule has 2 atom stereocenters. The van der Waals surface area contributed by atoms with E-state index < -0.39 is 0 Å². The third-order valence-corrected chi connectivity index (χ3v) is 3.87. The molecule has 1 aliphatic heterocycles. The number of likely N-dealkylation sites (N-methyl/N-ethyl adjacent to an activating group) is 1. The van der Waals surface area contributed by atoms with Crippen molar-refractivity contribution in [2.45, 2.75) is 51.5 Å². The van der Waals surface area contributed by atoms with Gasteiger partial charge >= 0.3 is 0 Å². The first kappa shape index (κ1) is 13.3. The number of piperidine rings is 1. The van der Waals surface area contributed by atoms with Crippen molar-refractivity contribution in [3.63, 3.8) is 0 Å². The van der Waals surface area contributed by atoms with Crippen LogP contribution in [0.4, 0.5) is 5.95 Å². The lowest BCUT2D eigenvalue weighted by atomic mass is 10.00. The molecule has 0 spiro atoms. The third kappa shape index (κ3) is 2.83. The minimum atomic E-state index is 0.256. The molecule has 1 aromatic rings. The predicted octanol–water partition coefficient (Wildman–Crippen LogP) is 2.16. The first-order chi connectivity index (χ1) is 8.76. The largest absolute Gasteiger partial charge is 0.338 e. The fourth-order valence-corrected chi connectivity index (χ4v) is 2.61. The third-order valence-electron chi connectivity index (χ3n) is 3.87. The number of aromatic nitrogens is 2. The Bertz CT molecular complexity index is 356. The molecule has 1 N–H and O–H groups in total. The van der Waals surface area contributed by atoms with Gasteiger partial charge in [0.05, 0.1) is 5.92 Å². The van der Waals surface area contributed by atoms with Gasteiger partial charge in [0.15, 0.2) is 0 Å². The highest BCUT2D eigenvalue weighted by Gasteiger charge is 2.23. The maximum absolute atomic E-state index is 5.42. The smallest absolute Gasteiger partial charge is 0.266 e. The van der Waals surface area contributed by atoms with Crippen molar-refractivity contribution in [2.75, 3.05) is 25.0 Å². The molecule has 18 heavy (non-hydrogen) atoms.